The summed E-state index contributed by atoms with van der Waals surface area (Å²) in [6.45, 7) is 6.73. The van der Waals surface area contributed by atoms with Crippen molar-refractivity contribution in [1.29, 1.82) is 0 Å². The molecule has 2 atom stereocenters. The van der Waals surface area contributed by atoms with Crippen LogP contribution in [-0.2, 0) is 16.1 Å². The van der Waals surface area contributed by atoms with Crippen molar-refractivity contribution in [3.8, 4) is 5.75 Å². The van der Waals surface area contributed by atoms with Crippen LogP contribution >= 0.6 is 12.2 Å². The first-order chi connectivity index (χ1) is 14.0. The van der Waals surface area contributed by atoms with Crippen molar-refractivity contribution in [2.24, 2.45) is 11.7 Å². The number of rotatable bonds is 7. The number of unbranched alkanes of at least 4 members (excludes halogenated alkanes) is 1. The van der Waals surface area contributed by atoms with Crippen LogP contribution in [0.15, 0.2) is 24.3 Å². The number of thiocarbonyl (C=S) groups is 1. The van der Waals surface area contributed by atoms with E-state index in [1.165, 1.54) is 0 Å². The fraction of sp³-hybridized carbons (Fsp3) is 0.636. The fourth-order valence-electron chi connectivity index (χ4n) is 4.21. The molecule has 160 valence electrons. The smallest absolute Gasteiger partial charge is 0.220 e. The van der Waals surface area contributed by atoms with Gasteiger partial charge in [-0.25, -0.2) is 0 Å². The zero-order chi connectivity index (χ0) is 20.8. The Bertz CT molecular complexity index is 706. The molecule has 0 saturated carbocycles. The number of amides is 1. The molecule has 7 heteroatoms. The molecule has 1 saturated heterocycles. The molecule has 1 amide bonds. The van der Waals surface area contributed by atoms with Crippen molar-refractivity contribution in [2.75, 3.05) is 19.6 Å². The van der Waals surface area contributed by atoms with Gasteiger partial charge in [0.15, 0.2) is 5.11 Å². The molecule has 0 bridgehead atoms. The van der Waals surface area contributed by atoms with Crippen LogP contribution in [0.4, 0.5) is 0 Å². The third kappa shape index (κ3) is 5.60. The average molecular weight is 420 g/mol. The monoisotopic (exact) mass is 419 g/mol. The van der Waals surface area contributed by atoms with Gasteiger partial charge in [-0.15, -0.1) is 0 Å². The second-order valence-electron chi connectivity index (χ2n) is 8.05. The normalized spacial score (nSPS) is 20.5. The summed E-state index contributed by atoms with van der Waals surface area (Å²) in [6.07, 6.45) is 4.59. The van der Waals surface area contributed by atoms with E-state index in [9.17, 15) is 4.79 Å². The summed E-state index contributed by atoms with van der Waals surface area (Å²) in [6, 6.07) is 7.98. The number of benzene rings is 1. The van der Waals surface area contributed by atoms with Crippen molar-refractivity contribution < 1.29 is 14.3 Å². The molecule has 29 heavy (non-hydrogen) atoms. The second-order valence-corrected chi connectivity index (χ2v) is 8.47. The highest BCUT2D eigenvalue weighted by molar-refractivity contribution is 7.80. The van der Waals surface area contributed by atoms with Gasteiger partial charge < -0.3 is 25.0 Å². The molecule has 0 aromatic heterocycles. The summed E-state index contributed by atoms with van der Waals surface area (Å²) in [7, 11) is 0. The van der Waals surface area contributed by atoms with E-state index in [4.69, 9.17) is 27.4 Å². The Balaban J connectivity index is 1.71. The number of fused-ring (bicyclic) bond motifs is 1. The lowest BCUT2D eigenvalue weighted by Crippen LogP contribution is -2.54. The third-order valence-electron chi connectivity index (χ3n) is 5.98. The molecule has 2 heterocycles. The lowest BCUT2D eigenvalue weighted by molar-refractivity contribution is -0.144. The molecule has 1 fully saturated rings. The molecule has 1 aromatic carbocycles. The third-order valence-corrected chi connectivity index (χ3v) is 6.22. The lowest BCUT2D eigenvalue weighted by atomic mass is 9.95. The maximum Gasteiger partial charge on any atom is 0.220 e. The van der Waals surface area contributed by atoms with E-state index in [2.05, 4.69) is 11.8 Å². The van der Waals surface area contributed by atoms with Gasteiger partial charge in [0.2, 0.25) is 12.2 Å². The SMILES string of the molecule is CCCCC(C1OCc2ccccc2O1)N(CC1CCN(C(C)=O)CC1)C(N)=S. The summed E-state index contributed by atoms with van der Waals surface area (Å²) in [5.74, 6) is 1.48. The second kappa shape index (κ2) is 10.3. The van der Waals surface area contributed by atoms with E-state index in [-0.39, 0.29) is 11.9 Å². The van der Waals surface area contributed by atoms with E-state index in [1.807, 2.05) is 29.2 Å². The van der Waals surface area contributed by atoms with Crippen molar-refractivity contribution in [1.82, 2.24) is 9.80 Å². The quantitative estimate of drug-likeness (QED) is 0.684. The minimum absolute atomic E-state index is 0.0216. The van der Waals surface area contributed by atoms with E-state index in [1.54, 1.807) is 6.92 Å². The van der Waals surface area contributed by atoms with Crippen LogP contribution in [0.25, 0.3) is 0 Å². The maximum absolute atomic E-state index is 11.6. The van der Waals surface area contributed by atoms with Gasteiger partial charge in [-0.2, -0.15) is 0 Å². The Morgan fingerprint density at radius 3 is 2.72 bits per heavy atom. The van der Waals surface area contributed by atoms with Crippen molar-refractivity contribution in [3.05, 3.63) is 29.8 Å². The van der Waals surface area contributed by atoms with Gasteiger partial charge >= 0.3 is 0 Å². The first kappa shape index (κ1) is 21.8. The summed E-state index contributed by atoms with van der Waals surface area (Å²) >= 11 is 5.45. The molecular weight excluding hydrogens is 386 g/mol. The number of hydrogen-bond donors (Lipinski definition) is 1. The van der Waals surface area contributed by atoms with E-state index < -0.39 is 6.29 Å². The zero-order valence-corrected chi connectivity index (χ0v) is 18.3. The van der Waals surface area contributed by atoms with Gasteiger partial charge in [-0.1, -0.05) is 38.0 Å². The number of nitrogens with two attached hydrogens (primary N) is 1. The molecule has 0 radical (unpaired) electrons. The van der Waals surface area contributed by atoms with Crippen LogP contribution in [0.1, 0.15) is 51.5 Å². The van der Waals surface area contributed by atoms with Crippen LogP contribution in [0.2, 0.25) is 0 Å². The summed E-state index contributed by atoms with van der Waals surface area (Å²) in [4.78, 5) is 15.6. The fourth-order valence-corrected chi connectivity index (χ4v) is 4.42. The van der Waals surface area contributed by atoms with Gasteiger partial charge in [0, 0.05) is 32.1 Å². The Morgan fingerprint density at radius 2 is 2.07 bits per heavy atom. The number of piperidine rings is 1. The molecule has 0 aliphatic carbocycles. The molecule has 1 aromatic rings. The summed E-state index contributed by atoms with van der Waals surface area (Å²) in [5.41, 5.74) is 7.25. The number of hydrogen-bond acceptors (Lipinski definition) is 4. The van der Waals surface area contributed by atoms with Crippen molar-refractivity contribution in [3.63, 3.8) is 0 Å². The van der Waals surface area contributed by atoms with Gasteiger partial charge in [-0.05, 0) is 43.5 Å². The minimum atomic E-state index is -0.393. The topological polar surface area (TPSA) is 68.0 Å². The highest BCUT2D eigenvalue weighted by Crippen LogP contribution is 2.30. The van der Waals surface area contributed by atoms with Crippen LogP contribution in [-0.4, -0.2) is 52.8 Å². The molecule has 3 rings (SSSR count). The summed E-state index contributed by atoms with van der Waals surface area (Å²) < 4.78 is 12.3. The molecular formula is C22H33N3O3S. The molecule has 2 unspecified atom stereocenters. The number of likely N-dealkylation sites (tertiary alicyclic amines) is 1. The maximum atomic E-state index is 11.6. The van der Waals surface area contributed by atoms with Gasteiger partial charge in [0.1, 0.15) is 5.75 Å². The Kier molecular flexibility index (Phi) is 7.72. The number of ether oxygens (including phenoxy) is 2. The molecule has 2 aliphatic heterocycles. The Hall–Kier alpha value is -1.86. The van der Waals surface area contributed by atoms with Crippen LogP contribution in [0.5, 0.6) is 5.75 Å². The molecule has 2 aliphatic rings. The number of nitrogens with zero attached hydrogens (tertiary/aromatic N) is 2. The van der Waals surface area contributed by atoms with Gasteiger partial charge in [0.25, 0.3) is 0 Å². The molecule has 2 N–H and O–H groups in total. The first-order valence-electron chi connectivity index (χ1n) is 10.7. The standard InChI is InChI=1S/C22H33N3O3S/c1-3-4-8-19(21-27-15-18-7-5-6-9-20(18)28-21)25(22(23)29)14-17-10-12-24(13-11-17)16(2)26/h5-7,9,17,19,21H,3-4,8,10-15H2,1-2H3,(H2,23,29). The van der Waals surface area contributed by atoms with Crippen LogP contribution in [0.3, 0.4) is 0 Å². The van der Waals surface area contributed by atoms with Gasteiger partial charge in [0.05, 0.1) is 12.6 Å². The van der Waals surface area contributed by atoms with Gasteiger partial charge in [-0.3, -0.25) is 4.79 Å². The van der Waals surface area contributed by atoms with Crippen LogP contribution < -0.4 is 10.5 Å². The Morgan fingerprint density at radius 1 is 1.34 bits per heavy atom. The predicted octanol–water partition coefficient (Wildman–Crippen LogP) is 3.28. The Labute approximate surface area is 179 Å². The number of carbonyl (C=O) groups is 1. The van der Waals surface area contributed by atoms with E-state index in [0.717, 1.165) is 63.1 Å². The largest absolute Gasteiger partial charge is 0.462 e. The highest BCUT2D eigenvalue weighted by Gasteiger charge is 2.35. The van der Waals surface area contributed by atoms with E-state index in [0.29, 0.717) is 17.6 Å². The van der Waals surface area contributed by atoms with Crippen LogP contribution in [0, 0.1) is 5.92 Å². The van der Waals surface area contributed by atoms with E-state index >= 15 is 0 Å². The lowest BCUT2D eigenvalue weighted by Gasteiger charge is -2.42. The average Bonchev–Trinajstić information content (AvgIpc) is 2.73. The summed E-state index contributed by atoms with van der Waals surface area (Å²) in [5, 5.41) is 0.395. The van der Waals surface area contributed by atoms with Crippen molar-refractivity contribution in [2.45, 2.75) is 64.9 Å². The minimum Gasteiger partial charge on any atom is -0.462 e. The highest BCUT2D eigenvalue weighted by atomic mass is 32.1. The van der Waals surface area contributed by atoms with Crippen molar-refractivity contribution >= 4 is 23.2 Å². The molecule has 0 spiro atoms. The predicted molar refractivity (Wildman–Crippen MR) is 117 cm³/mol. The number of para-hydroxylation sites is 1. The molecule has 6 nitrogen and oxygen atoms in total. The number of carbonyl (C=O) groups excluding carboxylic acids is 1. The zero-order valence-electron chi connectivity index (χ0n) is 17.5. The first-order valence-corrected chi connectivity index (χ1v) is 11.1.